The van der Waals surface area contributed by atoms with Crippen molar-refractivity contribution in [2.24, 2.45) is 0 Å². The van der Waals surface area contributed by atoms with Gasteiger partial charge in [0.15, 0.2) is 0 Å². The smallest absolute Gasteiger partial charge is 0.241 e. The maximum atomic E-state index is 13.6. The molecule has 138 valence electrons. The van der Waals surface area contributed by atoms with E-state index in [9.17, 15) is 14.0 Å². The maximum Gasteiger partial charge on any atom is 0.241 e. The van der Waals surface area contributed by atoms with Gasteiger partial charge in [-0.1, -0.05) is 37.3 Å². The number of anilines is 2. The maximum absolute atomic E-state index is 13.6. The monoisotopic (exact) mass is 357 g/mol. The highest BCUT2D eigenvalue weighted by Gasteiger charge is 2.21. The number of benzene rings is 2. The molecule has 0 unspecified atom stereocenters. The molecule has 0 bridgehead atoms. The van der Waals surface area contributed by atoms with E-state index in [0.717, 1.165) is 17.7 Å². The molecule has 0 saturated carbocycles. The average Bonchev–Trinajstić information content (AvgIpc) is 2.63. The number of para-hydroxylation sites is 2. The predicted molar refractivity (Wildman–Crippen MR) is 102 cm³/mol. The fourth-order valence-corrected chi connectivity index (χ4v) is 2.50. The van der Waals surface area contributed by atoms with Crippen molar-refractivity contribution in [1.82, 2.24) is 4.90 Å². The number of amides is 2. The van der Waals surface area contributed by atoms with Crippen LogP contribution in [0.15, 0.2) is 48.5 Å². The number of halogens is 1. The lowest BCUT2D eigenvalue weighted by atomic mass is 10.1. The molecule has 5 nitrogen and oxygen atoms in total. The SMILES string of the molecule is CCc1ccccc1NC(=O)CN(C)[C@@H](C)C(=O)Nc1ccccc1F. The Morgan fingerprint density at radius 1 is 1.04 bits per heavy atom. The number of nitrogens with one attached hydrogen (secondary N) is 2. The fraction of sp³-hybridized carbons (Fsp3) is 0.300. The lowest BCUT2D eigenvalue weighted by molar-refractivity contribution is -0.122. The number of carbonyl (C=O) groups is 2. The molecule has 0 heterocycles. The first-order valence-electron chi connectivity index (χ1n) is 8.55. The summed E-state index contributed by atoms with van der Waals surface area (Å²) in [6.45, 7) is 3.74. The number of hydrogen-bond acceptors (Lipinski definition) is 3. The molecule has 6 heteroatoms. The molecule has 0 aliphatic heterocycles. The van der Waals surface area contributed by atoms with Crippen LogP contribution in [0.1, 0.15) is 19.4 Å². The van der Waals surface area contributed by atoms with Gasteiger partial charge >= 0.3 is 0 Å². The predicted octanol–water partition coefficient (Wildman–Crippen LogP) is 3.29. The standard InChI is InChI=1S/C20H24FN3O2/c1-4-15-9-5-7-11-17(15)22-19(25)13-24(3)14(2)20(26)23-18-12-8-6-10-16(18)21/h5-12,14H,4,13H2,1-3H3,(H,22,25)(H,23,26)/t14-/m0/s1. The lowest BCUT2D eigenvalue weighted by Gasteiger charge is -2.23. The molecule has 2 N–H and O–H groups in total. The molecule has 2 aromatic rings. The number of rotatable bonds is 7. The van der Waals surface area contributed by atoms with Crippen molar-refractivity contribution in [3.63, 3.8) is 0 Å². The van der Waals surface area contributed by atoms with E-state index in [1.807, 2.05) is 31.2 Å². The third-order valence-electron chi connectivity index (χ3n) is 4.24. The Kier molecular flexibility index (Phi) is 6.86. The first-order chi connectivity index (χ1) is 12.4. The molecular formula is C20H24FN3O2. The number of hydrogen-bond donors (Lipinski definition) is 2. The molecule has 0 aromatic heterocycles. The third kappa shape index (κ3) is 5.13. The van der Waals surface area contributed by atoms with Gasteiger partial charge in [-0.2, -0.15) is 0 Å². The molecule has 0 saturated heterocycles. The summed E-state index contributed by atoms with van der Waals surface area (Å²) in [5, 5.41) is 5.42. The Balaban J connectivity index is 1.93. The van der Waals surface area contributed by atoms with Crippen LogP contribution < -0.4 is 10.6 Å². The zero-order chi connectivity index (χ0) is 19.1. The quantitative estimate of drug-likeness (QED) is 0.799. The zero-order valence-corrected chi connectivity index (χ0v) is 15.3. The minimum atomic E-state index is -0.596. The first-order valence-corrected chi connectivity index (χ1v) is 8.55. The van der Waals surface area contributed by atoms with Crippen LogP contribution >= 0.6 is 0 Å². The Morgan fingerprint density at radius 2 is 1.65 bits per heavy atom. The van der Waals surface area contributed by atoms with Crippen LogP contribution in [-0.2, 0) is 16.0 Å². The van der Waals surface area contributed by atoms with E-state index in [2.05, 4.69) is 10.6 Å². The summed E-state index contributed by atoms with van der Waals surface area (Å²) in [5.74, 6) is -1.08. The van der Waals surface area contributed by atoms with Crippen molar-refractivity contribution in [2.75, 3.05) is 24.2 Å². The molecule has 0 aliphatic rings. The second-order valence-corrected chi connectivity index (χ2v) is 6.12. The van der Waals surface area contributed by atoms with Gasteiger partial charge in [0.25, 0.3) is 0 Å². The van der Waals surface area contributed by atoms with Crippen molar-refractivity contribution in [3.8, 4) is 0 Å². The minimum absolute atomic E-state index is 0.0455. The van der Waals surface area contributed by atoms with E-state index >= 15 is 0 Å². The summed E-state index contributed by atoms with van der Waals surface area (Å²) in [7, 11) is 1.68. The van der Waals surface area contributed by atoms with E-state index in [1.54, 1.807) is 31.0 Å². The third-order valence-corrected chi connectivity index (χ3v) is 4.24. The average molecular weight is 357 g/mol. The van der Waals surface area contributed by atoms with Crippen LogP contribution in [0, 0.1) is 5.82 Å². The van der Waals surface area contributed by atoms with Crippen molar-refractivity contribution in [3.05, 3.63) is 59.9 Å². The highest BCUT2D eigenvalue weighted by atomic mass is 19.1. The van der Waals surface area contributed by atoms with Crippen LogP contribution in [-0.4, -0.2) is 36.3 Å². The highest BCUT2D eigenvalue weighted by Crippen LogP contribution is 2.16. The molecule has 2 rings (SSSR count). The number of nitrogens with zero attached hydrogens (tertiary/aromatic N) is 1. The van der Waals surface area contributed by atoms with E-state index in [4.69, 9.17) is 0 Å². The van der Waals surface area contributed by atoms with Gasteiger partial charge in [0, 0.05) is 5.69 Å². The summed E-state index contributed by atoms with van der Waals surface area (Å²) in [5.41, 5.74) is 1.95. The molecule has 1 atom stereocenters. The molecule has 26 heavy (non-hydrogen) atoms. The van der Waals surface area contributed by atoms with Crippen molar-refractivity contribution < 1.29 is 14.0 Å². The lowest BCUT2D eigenvalue weighted by Crippen LogP contribution is -2.43. The van der Waals surface area contributed by atoms with E-state index < -0.39 is 11.9 Å². The van der Waals surface area contributed by atoms with Crippen LogP contribution in [0.3, 0.4) is 0 Å². The number of aryl methyl sites for hydroxylation is 1. The summed E-state index contributed by atoms with van der Waals surface area (Å²) >= 11 is 0. The van der Waals surface area contributed by atoms with Gasteiger partial charge in [-0.15, -0.1) is 0 Å². The largest absolute Gasteiger partial charge is 0.325 e. The number of likely N-dealkylation sites (N-methyl/N-ethyl adjacent to an activating group) is 1. The van der Waals surface area contributed by atoms with Crippen LogP contribution in [0.4, 0.5) is 15.8 Å². The van der Waals surface area contributed by atoms with Gasteiger partial charge in [-0.25, -0.2) is 4.39 Å². The molecule has 2 amide bonds. The van der Waals surface area contributed by atoms with Crippen LogP contribution in [0.5, 0.6) is 0 Å². The minimum Gasteiger partial charge on any atom is -0.325 e. The molecular weight excluding hydrogens is 333 g/mol. The normalized spacial score (nSPS) is 11.9. The Morgan fingerprint density at radius 3 is 2.31 bits per heavy atom. The van der Waals surface area contributed by atoms with E-state index in [-0.39, 0.29) is 24.0 Å². The fourth-order valence-electron chi connectivity index (χ4n) is 2.50. The van der Waals surface area contributed by atoms with Crippen molar-refractivity contribution in [2.45, 2.75) is 26.3 Å². The molecule has 0 fully saturated rings. The summed E-state index contributed by atoms with van der Waals surface area (Å²) < 4.78 is 13.6. The molecule has 0 spiro atoms. The Hall–Kier alpha value is -2.73. The van der Waals surface area contributed by atoms with E-state index in [1.165, 1.54) is 12.1 Å². The summed E-state index contributed by atoms with van der Waals surface area (Å²) in [6, 6.07) is 13.0. The molecule has 2 aromatic carbocycles. The van der Waals surface area contributed by atoms with E-state index in [0.29, 0.717) is 0 Å². The summed E-state index contributed by atoms with van der Waals surface area (Å²) in [6.07, 6.45) is 0.813. The number of carbonyl (C=O) groups excluding carboxylic acids is 2. The second kappa shape index (κ2) is 9.10. The topological polar surface area (TPSA) is 61.4 Å². The van der Waals surface area contributed by atoms with Gasteiger partial charge in [0.1, 0.15) is 5.82 Å². The molecule has 0 aliphatic carbocycles. The van der Waals surface area contributed by atoms with Crippen LogP contribution in [0.25, 0.3) is 0 Å². The molecule has 0 radical (unpaired) electrons. The summed E-state index contributed by atoms with van der Waals surface area (Å²) in [4.78, 5) is 26.2. The van der Waals surface area contributed by atoms with Crippen molar-refractivity contribution in [1.29, 1.82) is 0 Å². The zero-order valence-electron chi connectivity index (χ0n) is 15.3. The van der Waals surface area contributed by atoms with Crippen LogP contribution in [0.2, 0.25) is 0 Å². The van der Waals surface area contributed by atoms with Gasteiger partial charge in [0.05, 0.1) is 18.3 Å². The van der Waals surface area contributed by atoms with Gasteiger partial charge < -0.3 is 10.6 Å². The van der Waals surface area contributed by atoms with Crippen molar-refractivity contribution >= 4 is 23.2 Å². The Labute approximate surface area is 153 Å². The highest BCUT2D eigenvalue weighted by molar-refractivity contribution is 5.96. The van der Waals surface area contributed by atoms with Gasteiger partial charge in [-0.3, -0.25) is 14.5 Å². The second-order valence-electron chi connectivity index (χ2n) is 6.12. The van der Waals surface area contributed by atoms with Gasteiger partial charge in [-0.05, 0) is 44.2 Å². The first kappa shape index (κ1) is 19.6. The Bertz CT molecular complexity index is 779. The van der Waals surface area contributed by atoms with Gasteiger partial charge in [0.2, 0.25) is 11.8 Å².